The molecule has 0 amide bonds. The van der Waals surface area contributed by atoms with Crippen LogP contribution in [0.25, 0.3) is 10.8 Å². The maximum absolute atomic E-state index is 11.0. The van der Waals surface area contributed by atoms with E-state index >= 15 is 0 Å². The number of rotatable bonds is 3. The lowest BCUT2D eigenvalue weighted by Gasteiger charge is -2.10. The molecule has 0 bridgehead atoms. The molecule has 0 aliphatic heterocycles. The third-order valence-electron chi connectivity index (χ3n) is 2.56. The van der Waals surface area contributed by atoms with E-state index in [2.05, 4.69) is 0 Å². The summed E-state index contributed by atoms with van der Waals surface area (Å²) in [5.74, 6) is 0.693. The Morgan fingerprint density at radius 1 is 1.29 bits per heavy atom. The second-order valence-corrected chi connectivity index (χ2v) is 4.28. The Labute approximate surface area is 103 Å². The van der Waals surface area contributed by atoms with Crippen molar-refractivity contribution in [2.24, 2.45) is 0 Å². The van der Waals surface area contributed by atoms with Gasteiger partial charge in [-0.05, 0) is 12.3 Å². The Hall–Kier alpha value is -1.75. The van der Waals surface area contributed by atoms with Crippen molar-refractivity contribution in [3.63, 3.8) is 0 Å². The standard InChI is InChI=1S/C12H11NO3S/c1-16-12-9-6-4-3-5-8(9)10(13(14)15)7-11(12)17-2/h3-7H,1-2H3. The fraction of sp³-hybridized carbons (Fsp3) is 0.167. The highest BCUT2D eigenvalue weighted by Gasteiger charge is 2.18. The molecule has 0 unspecified atom stereocenters. The molecule has 0 radical (unpaired) electrons. The quantitative estimate of drug-likeness (QED) is 0.474. The Bertz CT molecular complexity index is 583. The monoisotopic (exact) mass is 249 g/mol. The molecule has 0 aliphatic rings. The fourth-order valence-electron chi connectivity index (χ4n) is 1.82. The third kappa shape index (κ3) is 1.93. The van der Waals surface area contributed by atoms with Crippen LogP contribution >= 0.6 is 11.8 Å². The molecule has 4 nitrogen and oxygen atoms in total. The summed E-state index contributed by atoms with van der Waals surface area (Å²) in [5, 5.41) is 12.4. The van der Waals surface area contributed by atoms with Gasteiger partial charge in [-0.2, -0.15) is 0 Å². The molecule has 0 saturated heterocycles. The molecular formula is C12H11NO3S. The van der Waals surface area contributed by atoms with Gasteiger partial charge in [0.25, 0.3) is 5.69 Å². The van der Waals surface area contributed by atoms with Gasteiger partial charge >= 0.3 is 0 Å². The molecule has 2 rings (SSSR count). The van der Waals surface area contributed by atoms with Crippen LogP contribution in [0.15, 0.2) is 35.2 Å². The minimum atomic E-state index is -0.360. The molecule has 0 aromatic heterocycles. The van der Waals surface area contributed by atoms with Gasteiger partial charge in [0.05, 0.1) is 22.3 Å². The number of hydrogen-bond donors (Lipinski definition) is 0. The molecule has 0 atom stereocenters. The summed E-state index contributed by atoms with van der Waals surface area (Å²) in [6.45, 7) is 0. The number of non-ortho nitro benzene ring substituents is 1. The van der Waals surface area contributed by atoms with Gasteiger partial charge in [-0.25, -0.2) is 0 Å². The highest BCUT2D eigenvalue weighted by Crippen LogP contribution is 2.40. The number of thioether (sulfide) groups is 1. The average Bonchev–Trinajstić information content (AvgIpc) is 2.36. The van der Waals surface area contributed by atoms with Crippen molar-refractivity contribution >= 4 is 28.2 Å². The van der Waals surface area contributed by atoms with Gasteiger partial charge in [-0.1, -0.05) is 18.2 Å². The van der Waals surface area contributed by atoms with Gasteiger partial charge in [0, 0.05) is 11.5 Å². The maximum Gasteiger partial charge on any atom is 0.278 e. The fourth-order valence-corrected chi connectivity index (χ4v) is 2.43. The van der Waals surface area contributed by atoms with Crippen LogP contribution < -0.4 is 4.74 Å². The van der Waals surface area contributed by atoms with E-state index in [-0.39, 0.29) is 10.6 Å². The average molecular weight is 249 g/mol. The number of nitro benzene ring substituents is 1. The van der Waals surface area contributed by atoms with Crippen LogP contribution in [-0.4, -0.2) is 18.3 Å². The smallest absolute Gasteiger partial charge is 0.278 e. The lowest BCUT2D eigenvalue weighted by Crippen LogP contribution is -1.94. The lowest BCUT2D eigenvalue weighted by atomic mass is 10.1. The van der Waals surface area contributed by atoms with Crippen molar-refractivity contribution in [2.75, 3.05) is 13.4 Å². The molecule has 0 saturated carbocycles. The van der Waals surface area contributed by atoms with Crippen molar-refractivity contribution < 1.29 is 9.66 Å². The molecule has 0 aliphatic carbocycles. The zero-order valence-corrected chi connectivity index (χ0v) is 10.3. The number of nitro groups is 1. The SMILES string of the molecule is COc1c(SC)cc([N+](=O)[O-])c2ccccc12. The first-order valence-corrected chi connectivity index (χ1v) is 6.19. The number of fused-ring (bicyclic) bond motifs is 1. The number of benzene rings is 2. The van der Waals surface area contributed by atoms with E-state index in [0.29, 0.717) is 11.1 Å². The second kappa shape index (κ2) is 4.63. The zero-order chi connectivity index (χ0) is 12.4. The van der Waals surface area contributed by atoms with E-state index in [0.717, 1.165) is 10.3 Å². The van der Waals surface area contributed by atoms with E-state index in [4.69, 9.17) is 4.74 Å². The highest BCUT2D eigenvalue weighted by molar-refractivity contribution is 7.98. The molecule has 0 spiro atoms. The van der Waals surface area contributed by atoms with Crippen molar-refractivity contribution in [3.05, 3.63) is 40.4 Å². The van der Waals surface area contributed by atoms with E-state index in [1.54, 1.807) is 25.3 Å². The maximum atomic E-state index is 11.0. The predicted octanol–water partition coefficient (Wildman–Crippen LogP) is 3.48. The minimum Gasteiger partial charge on any atom is -0.495 e. The zero-order valence-electron chi connectivity index (χ0n) is 9.47. The Kier molecular flexibility index (Phi) is 3.19. The van der Waals surface area contributed by atoms with Gasteiger partial charge in [0.1, 0.15) is 5.75 Å². The summed E-state index contributed by atoms with van der Waals surface area (Å²) in [4.78, 5) is 11.5. The Morgan fingerprint density at radius 2 is 1.94 bits per heavy atom. The third-order valence-corrected chi connectivity index (χ3v) is 3.30. The largest absolute Gasteiger partial charge is 0.495 e. The summed E-state index contributed by atoms with van der Waals surface area (Å²) in [7, 11) is 1.58. The van der Waals surface area contributed by atoms with E-state index in [1.807, 2.05) is 18.4 Å². The van der Waals surface area contributed by atoms with Gasteiger partial charge < -0.3 is 4.74 Å². The first-order chi connectivity index (χ1) is 8.19. The summed E-state index contributed by atoms with van der Waals surface area (Å²) >= 11 is 1.44. The van der Waals surface area contributed by atoms with Gasteiger partial charge in [0.2, 0.25) is 0 Å². The lowest BCUT2D eigenvalue weighted by molar-refractivity contribution is -0.383. The topological polar surface area (TPSA) is 52.4 Å². The molecule has 88 valence electrons. The summed E-state index contributed by atoms with van der Waals surface area (Å²) in [6, 6.07) is 8.76. The Morgan fingerprint density at radius 3 is 2.47 bits per heavy atom. The van der Waals surface area contributed by atoms with E-state index in [9.17, 15) is 10.1 Å². The van der Waals surface area contributed by atoms with Crippen molar-refractivity contribution in [2.45, 2.75) is 4.90 Å². The number of nitrogens with zero attached hydrogens (tertiary/aromatic N) is 1. The van der Waals surface area contributed by atoms with Crippen LogP contribution in [0, 0.1) is 10.1 Å². The molecule has 2 aromatic rings. The first-order valence-electron chi connectivity index (χ1n) is 4.97. The molecule has 5 heteroatoms. The van der Waals surface area contributed by atoms with E-state index in [1.165, 1.54) is 11.8 Å². The molecular weight excluding hydrogens is 238 g/mol. The normalized spacial score (nSPS) is 10.5. The molecule has 0 heterocycles. The number of hydrogen-bond acceptors (Lipinski definition) is 4. The van der Waals surface area contributed by atoms with Gasteiger partial charge in [0.15, 0.2) is 0 Å². The summed E-state index contributed by atoms with van der Waals surface area (Å²) in [5.41, 5.74) is 0.116. The van der Waals surface area contributed by atoms with Crippen molar-refractivity contribution in [1.29, 1.82) is 0 Å². The first kappa shape index (κ1) is 11.7. The van der Waals surface area contributed by atoms with Crippen LogP contribution in [0.5, 0.6) is 5.75 Å². The molecule has 2 aromatic carbocycles. The minimum absolute atomic E-state index is 0.116. The van der Waals surface area contributed by atoms with Gasteiger partial charge in [-0.15, -0.1) is 11.8 Å². The Balaban J connectivity index is 2.89. The molecule has 17 heavy (non-hydrogen) atoms. The number of methoxy groups -OCH3 is 1. The van der Waals surface area contributed by atoms with Crippen LogP contribution in [0.4, 0.5) is 5.69 Å². The van der Waals surface area contributed by atoms with Crippen LogP contribution in [-0.2, 0) is 0 Å². The highest BCUT2D eigenvalue weighted by atomic mass is 32.2. The summed E-state index contributed by atoms with van der Waals surface area (Å²) < 4.78 is 5.34. The molecule has 0 fully saturated rings. The van der Waals surface area contributed by atoms with Gasteiger partial charge in [-0.3, -0.25) is 10.1 Å². The predicted molar refractivity (Wildman–Crippen MR) is 68.9 cm³/mol. The second-order valence-electron chi connectivity index (χ2n) is 3.43. The van der Waals surface area contributed by atoms with Crippen LogP contribution in [0.2, 0.25) is 0 Å². The van der Waals surface area contributed by atoms with Crippen LogP contribution in [0.1, 0.15) is 0 Å². The molecule has 0 N–H and O–H groups in total. The number of ether oxygens (including phenoxy) is 1. The van der Waals surface area contributed by atoms with Crippen molar-refractivity contribution in [1.82, 2.24) is 0 Å². The van der Waals surface area contributed by atoms with Crippen molar-refractivity contribution in [3.8, 4) is 5.75 Å². The summed E-state index contributed by atoms with van der Waals surface area (Å²) in [6.07, 6.45) is 1.87. The van der Waals surface area contributed by atoms with E-state index < -0.39 is 0 Å². The van der Waals surface area contributed by atoms with Crippen LogP contribution in [0.3, 0.4) is 0 Å².